The van der Waals surface area contributed by atoms with Gasteiger partial charge in [-0.3, -0.25) is 4.79 Å². The standard InChI is InChI=1S/C23H22ClFN6O/c1-4-30-15(3)27-20-11-17(7-10-21(20)30)23(32)28-26-12-19-14(2)29-31(22(19)24)13-16-5-8-18(25)9-6-16/h5-12H,4,13H2,1-3H3,(H,28,32)/b26-12-. The molecule has 0 saturated carbocycles. The van der Waals surface area contributed by atoms with Gasteiger partial charge in [0.25, 0.3) is 5.91 Å². The summed E-state index contributed by atoms with van der Waals surface area (Å²) in [7, 11) is 0. The molecule has 0 bridgehead atoms. The first-order valence-electron chi connectivity index (χ1n) is 10.1. The molecule has 164 valence electrons. The lowest BCUT2D eigenvalue weighted by Gasteiger charge is -2.04. The summed E-state index contributed by atoms with van der Waals surface area (Å²) >= 11 is 6.45. The zero-order chi connectivity index (χ0) is 22.8. The molecule has 2 aromatic heterocycles. The largest absolute Gasteiger partial charge is 0.329 e. The Balaban J connectivity index is 1.48. The van der Waals surface area contributed by atoms with E-state index in [4.69, 9.17) is 11.6 Å². The smallest absolute Gasteiger partial charge is 0.271 e. The second-order valence-electron chi connectivity index (χ2n) is 7.38. The number of nitrogens with one attached hydrogen (secondary N) is 1. The molecular formula is C23H22ClFN6O. The highest BCUT2D eigenvalue weighted by molar-refractivity contribution is 6.32. The Morgan fingerprint density at radius 2 is 1.97 bits per heavy atom. The number of nitrogens with zero attached hydrogens (tertiary/aromatic N) is 5. The van der Waals surface area contributed by atoms with Gasteiger partial charge in [0.1, 0.15) is 16.8 Å². The lowest BCUT2D eigenvalue weighted by molar-refractivity contribution is 0.0955. The van der Waals surface area contributed by atoms with Crippen LogP contribution in [-0.4, -0.2) is 31.5 Å². The number of halogens is 2. The third-order valence-corrected chi connectivity index (χ3v) is 5.63. The number of aryl methyl sites for hydroxylation is 3. The molecule has 0 saturated heterocycles. The van der Waals surface area contributed by atoms with Crippen molar-refractivity contribution in [2.24, 2.45) is 5.10 Å². The highest BCUT2D eigenvalue weighted by Crippen LogP contribution is 2.20. The predicted molar refractivity (Wildman–Crippen MR) is 123 cm³/mol. The van der Waals surface area contributed by atoms with Crippen molar-refractivity contribution < 1.29 is 9.18 Å². The van der Waals surface area contributed by atoms with Gasteiger partial charge in [0, 0.05) is 12.1 Å². The van der Waals surface area contributed by atoms with Gasteiger partial charge in [0.05, 0.1) is 35.1 Å². The number of carbonyl (C=O) groups excluding carboxylic acids is 1. The van der Waals surface area contributed by atoms with Gasteiger partial charge in [-0.1, -0.05) is 23.7 Å². The van der Waals surface area contributed by atoms with Crippen LogP contribution in [0.1, 0.15) is 39.9 Å². The number of hydrazone groups is 1. The van der Waals surface area contributed by atoms with E-state index in [-0.39, 0.29) is 11.7 Å². The lowest BCUT2D eigenvalue weighted by Crippen LogP contribution is -2.17. The molecule has 0 aliphatic rings. The zero-order valence-corrected chi connectivity index (χ0v) is 18.7. The molecule has 0 aliphatic carbocycles. The third kappa shape index (κ3) is 4.27. The molecule has 7 nitrogen and oxygen atoms in total. The Morgan fingerprint density at radius 3 is 2.69 bits per heavy atom. The van der Waals surface area contributed by atoms with Crippen molar-refractivity contribution in [3.63, 3.8) is 0 Å². The van der Waals surface area contributed by atoms with E-state index in [1.807, 2.05) is 13.0 Å². The van der Waals surface area contributed by atoms with Crippen molar-refractivity contribution in [3.05, 3.63) is 81.6 Å². The van der Waals surface area contributed by atoms with E-state index in [1.165, 1.54) is 18.3 Å². The number of aromatic nitrogens is 4. The molecule has 2 heterocycles. The summed E-state index contributed by atoms with van der Waals surface area (Å²) in [6, 6.07) is 11.5. The molecular weight excluding hydrogens is 431 g/mol. The van der Waals surface area contributed by atoms with E-state index in [0.717, 1.165) is 29.0 Å². The fraction of sp³-hybridized carbons (Fsp3) is 0.217. The Morgan fingerprint density at radius 1 is 1.22 bits per heavy atom. The minimum absolute atomic E-state index is 0.298. The van der Waals surface area contributed by atoms with Crippen molar-refractivity contribution >= 4 is 34.8 Å². The van der Waals surface area contributed by atoms with Crippen LogP contribution >= 0.6 is 11.6 Å². The van der Waals surface area contributed by atoms with Gasteiger partial charge < -0.3 is 4.57 Å². The van der Waals surface area contributed by atoms with Crippen LogP contribution in [0.4, 0.5) is 4.39 Å². The Kier molecular flexibility index (Phi) is 6.05. The summed E-state index contributed by atoms with van der Waals surface area (Å²) in [4.78, 5) is 17.1. The number of hydrogen-bond donors (Lipinski definition) is 1. The number of rotatable bonds is 6. The Labute approximate surface area is 189 Å². The lowest BCUT2D eigenvalue weighted by atomic mass is 10.2. The van der Waals surface area contributed by atoms with Crippen molar-refractivity contribution in [1.82, 2.24) is 24.8 Å². The molecule has 1 amide bonds. The summed E-state index contributed by atoms with van der Waals surface area (Å²) in [5.41, 5.74) is 6.87. The number of imidazole rings is 1. The number of carbonyl (C=O) groups is 1. The Bertz CT molecular complexity index is 1320. The summed E-state index contributed by atoms with van der Waals surface area (Å²) < 4.78 is 16.8. The van der Waals surface area contributed by atoms with Crippen LogP contribution < -0.4 is 5.43 Å². The highest BCUT2D eigenvalue weighted by atomic mass is 35.5. The molecule has 0 radical (unpaired) electrons. The molecule has 32 heavy (non-hydrogen) atoms. The van der Waals surface area contributed by atoms with Crippen LogP contribution in [0.15, 0.2) is 47.6 Å². The van der Waals surface area contributed by atoms with Crippen molar-refractivity contribution in [2.75, 3.05) is 0 Å². The number of hydrogen-bond acceptors (Lipinski definition) is 4. The monoisotopic (exact) mass is 452 g/mol. The first-order valence-corrected chi connectivity index (χ1v) is 10.5. The van der Waals surface area contributed by atoms with Gasteiger partial charge in [-0.25, -0.2) is 19.5 Å². The van der Waals surface area contributed by atoms with Crippen LogP contribution in [0.25, 0.3) is 11.0 Å². The maximum absolute atomic E-state index is 13.1. The molecule has 9 heteroatoms. The van der Waals surface area contributed by atoms with Gasteiger partial charge in [-0.15, -0.1) is 0 Å². The quantitative estimate of drug-likeness (QED) is 0.346. The average Bonchev–Trinajstić information content (AvgIpc) is 3.23. The molecule has 0 fully saturated rings. The van der Waals surface area contributed by atoms with Crippen molar-refractivity contribution in [1.29, 1.82) is 0 Å². The summed E-state index contributed by atoms with van der Waals surface area (Å²) in [6.07, 6.45) is 1.47. The van der Waals surface area contributed by atoms with Gasteiger partial charge in [0.2, 0.25) is 0 Å². The van der Waals surface area contributed by atoms with E-state index in [1.54, 1.807) is 35.9 Å². The molecule has 4 aromatic rings. The molecule has 0 atom stereocenters. The SMILES string of the molecule is CCn1c(C)nc2cc(C(=O)N/N=C\c3c(C)nn(Cc4ccc(F)cc4)c3Cl)ccc21. The van der Waals surface area contributed by atoms with Crippen LogP contribution in [-0.2, 0) is 13.1 Å². The minimum atomic E-state index is -0.348. The normalized spacial score (nSPS) is 11.5. The maximum Gasteiger partial charge on any atom is 0.271 e. The van der Waals surface area contributed by atoms with Crippen molar-refractivity contribution in [2.45, 2.75) is 33.9 Å². The molecule has 1 N–H and O–H groups in total. The average molecular weight is 453 g/mol. The van der Waals surface area contributed by atoms with Gasteiger partial charge >= 0.3 is 0 Å². The highest BCUT2D eigenvalue weighted by Gasteiger charge is 2.13. The van der Waals surface area contributed by atoms with Crippen LogP contribution in [0.3, 0.4) is 0 Å². The number of benzene rings is 2. The van der Waals surface area contributed by atoms with Gasteiger partial charge in [-0.2, -0.15) is 10.2 Å². The molecule has 0 unspecified atom stereocenters. The van der Waals surface area contributed by atoms with E-state index in [2.05, 4.69) is 32.1 Å². The topological polar surface area (TPSA) is 77.1 Å². The fourth-order valence-electron chi connectivity index (χ4n) is 3.59. The first kappa shape index (κ1) is 21.7. The number of fused-ring (bicyclic) bond motifs is 1. The van der Waals surface area contributed by atoms with Crippen LogP contribution in [0, 0.1) is 19.7 Å². The zero-order valence-electron chi connectivity index (χ0n) is 17.9. The fourth-order valence-corrected chi connectivity index (χ4v) is 3.88. The molecule has 0 aliphatic heterocycles. The van der Waals surface area contributed by atoms with Crippen LogP contribution in [0.2, 0.25) is 5.15 Å². The van der Waals surface area contributed by atoms with Gasteiger partial charge in [0.15, 0.2) is 0 Å². The second kappa shape index (κ2) is 8.92. The summed E-state index contributed by atoms with van der Waals surface area (Å²) in [5.74, 6) is 0.258. The Hall–Kier alpha value is -3.52. The first-order chi connectivity index (χ1) is 15.4. The third-order valence-electron chi connectivity index (χ3n) is 5.23. The van der Waals surface area contributed by atoms with Gasteiger partial charge in [-0.05, 0) is 56.7 Å². The predicted octanol–water partition coefficient (Wildman–Crippen LogP) is 4.47. The minimum Gasteiger partial charge on any atom is -0.329 e. The van der Waals surface area contributed by atoms with E-state index < -0.39 is 0 Å². The van der Waals surface area contributed by atoms with E-state index in [0.29, 0.717) is 28.5 Å². The summed E-state index contributed by atoms with van der Waals surface area (Å²) in [6.45, 7) is 7.00. The van der Waals surface area contributed by atoms with Crippen molar-refractivity contribution in [3.8, 4) is 0 Å². The molecule has 2 aromatic carbocycles. The molecule has 0 spiro atoms. The molecule has 4 rings (SSSR count). The maximum atomic E-state index is 13.1. The van der Waals surface area contributed by atoms with Crippen LogP contribution in [0.5, 0.6) is 0 Å². The van der Waals surface area contributed by atoms with E-state index >= 15 is 0 Å². The number of amides is 1. The summed E-state index contributed by atoms with van der Waals surface area (Å²) in [5, 5.41) is 8.85. The van der Waals surface area contributed by atoms with E-state index in [9.17, 15) is 9.18 Å². The second-order valence-corrected chi connectivity index (χ2v) is 7.74.